The molecular weight excluding hydrogens is 366 g/mol. The maximum absolute atomic E-state index is 12.7. The van der Waals surface area contributed by atoms with E-state index in [1.54, 1.807) is 24.3 Å². The van der Waals surface area contributed by atoms with Gasteiger partial charge in [0.05, 0.1) is 26.3 Å². The molecule has 1 aliphatic rings. The molecule has 0 atom stereocenters. The molecule has 0 aromatic heterocycles. The first-order valence-corrected chi connectivity index (χ1v) is 8.63. The van der Waals surface area contributed by atoms with Crippen molar-refractivity contribution in [3.05, 3.63) is 41.0 Å². The number of methoxy groups -OCH3 is 2. The van der Waals surface area contributed by atoms with Crippen LogP contribution in [0.1, 0.15) is 27.9 Å². The number of hydrogen-bond donors (Lipinski definition) is 2. The minimum Gasteiger partial charge on any atom is -0.504 e. The molecule has 2 N–H and O–H groups in total. The fourth-order valence-electron chi connectivity index (χ4n) is 2.97. The first-order chi connectivity index (χ1) is 13.4. The molecule has 1 heterocycles. The number of phenolic OH excluding ortho intramolecular Hbond substituents is 1. The Morgan fingerprint density at radius 2 is 2.07 bits per heavy atom. The highest BCUT2D eigenvalue weighted by Crippen LogP contribution is 2.43. The lowest BCUT2D eigenvalue weighted by atomic mass is 10.1. The van der Waals surface area contributed by atoms with Crippen molar-refractivity contribution in [1.29, 1.82) is 0 Å². The fourth-order valence-corrected chi connectivity index (χ4v) is 2.97. The smallest absolute Gasteiger partial charge is 0.346 e. The van der Waals surface area contributed by atoms with E-state index in [2.05, 4.69) is 10.1 Å². The second-order valence-corrected chi connectivity index (χ2v) is 6.22. The van der Waals surface area contributed by atoms with Crippen molar-refractivity contribution < 1.29 is 33.6 Å². The fraction of sp³-hybridized carbons (Fsp3) is 0.300. The first-order valence-electron chi connectivity index (χ1n) is 8.63. The Morgan fingerprint density at radius 1 is 1.29 bits per heavy atom. The molecule has 0 bridgehead atoms. The van der Waals surface area contributed by atoms with Gasteiger partial charge in [0, 0.05) is 12.1 Å². The van der Waals surface area contributed by atoms with Gasteiger partial charge in [-0.3, -0.25) is 4.79 Å². The molecule has 8 heteroatoms. The third-order valence-corrected chi connectivity index (χ3v) is 4.26. The van der Waals surface area contributed by atoms with Crippen LogP contribution in [0.15, 0.2) is 24.3 Å². The molecule has 0 spiro atoms. The van der Waals surface area contributed by atoms with Gasteiger partial charge in [0.2, 0.25) is 0 Å². The maximum atomic E-state index is 12.7. The number of ether oxygens (including phenoxy) is 4. The van der Waals surface area contributed by atoms with Gasteiger partial charge >= 0.3 is 11.9 Å². The van der Waals surface area contributed by atoms with Crippen LogP contribution in [0.3, 0.4) is 0 Å². The summed E-state index contributed by atoms with van der Waals surface area (Å²) in [6.07, 6.45) is 0.151. The van der Waals surface area contributed by atoms with Crippen LogP contribution < -0.4 is 14.8 Å². The van der Waals surface area contributed by atoms with Crippen molar-refractivity contribution >= 4 is 17.6 Å². The number of cyclic esters (lactones) is 1. The molecule has 0 saturated carbocycles. The van der Waals surface area contributed by atoms with Gasteiger partial charge in [-0.2, -0.15) is 0 Å². The number of carbonyl (C=O) groups is 2. The monoisotopic (exact) mass is 387 g/mol. The molecular formula is C20H21NO7. The van der Waals surface area contributed by atoms with Gasteiger partial charge in [-0.15, -0.1) is 0 Å². The summed E-state index contributed by atoms with van der Waals surface area (Å²) >= 11 is 0. The lowest BCUT2D eigenvalue weighted by Gasteiger charge is -2.22. The van der Waals surface area contributed by atoms with Crippen LogP contribution in [-0.2, 0) is 20.9 Å². The molecule has 1 aliphatic heterocycles. The zero-order chi connectivity index (χ0) is 20.3. The molecule has 28 heavy (non-hydrogen) atoms. The molecule has 2 aromatic rings. The van der Waals surface area contributed by atoms with Crippen LogP contribution in [0.4, 0.5) is 5.69 Å². The van der Waals surface area contributed by atoms with Crippen molar-refractivity contribution in [3.8, 4) is 23.0 Å². The predicted octanol–water partition coefficient (Wildman–Crippen LogP) is 3.15. The third kappa shape index (κ3) is 3.80. The van der Waals surface area contributed by atoms with E-state index in [-0.39, 0.29) is 47.6 Å². The number of anilines is 1. The van der Waals surface area contributed by atoms with Crippen molar-refractivity contribution in [2.45, 2.75) is 20.0 Å². The van der Waals surface area contributed by atoms with Crippen LogP contribution in [0.2, 0.25) is 0 Å². The van der Waals surface area contributed by atoms with Crippen molar-refractivity contribution in [3.63, 3.8) is 0 Å². The summed E-state index contributed by atoms with van der Waals surface area (Å²) in [5.41, 5.74) is 1.98. The Morgan fingerprint density at radius 3 is 2.79 bits per heavy atom. The van der Waals surface area contributed by atoms with E-state index in [1.165, 1.54) is 14.2 Å². The lowest BCUT2D eigenvalue weighted by molar-refractivity contribution is -0.140. The first kappa shape index (κ1) is 19.3. The van der Waals surface area contributed by atoms with E-state index >= 15 is 0 Å². The zero-order valence-electron chi connectivity index (χ0n) is 15.8. The lowest BCUT2D eigenvalue weighted by Crippen LogP contribution is -2.15. The Labute approximate surface area is 162 Å². The quantitative estimate of drug-likeness (QED) is 0.754. The molecule has 0 fully saturated rings. The largest absolute Gasteiger partial charge is 0.504 e. The maximum Gasteiger partial charge on any atom is 0.346 e. The summed E-state index contributed by atoms with van der Waals surface area (Å²) in [6.45, 7) is 2.07. The molecule has 0 amide bonds. The van der Waals surface area contributed by atoms with Crippen LogP contribution in [0.5, 0.6) is 23.0 Å². The SMILES string of the molecule is COC(=O)CCNc1ccc2c(c1OC)C(=O)OCc1cc(C)cc(O)c1O2. The van der Waals surface area contributed by atoms with Gasteiger partial charge in [-0.05, 0) is 36.8 Å². The van der Waals surface area contributed by atoms with Crippen molar-refractivity contribution in [1.82, 2.24) is 0 Å². The van der Waals surface area contributed by atoms with Gasteiger partial charge in [0.1, 0.15) is 17.9 Å². The number of esters is 2. The number of carbonyl (C=O) groups excluding carboxylic acids is 2. The Bertz CT molecular complexity index is 923. The van der Waals surface area contributed by atoms with E-state index in [0.29, 0.717) is 17.8 Å². The van der Waals surface area contributed by atoms with Gasteiger partial charge in [-0.25, -0.2) is 4.79 Å². The molecule has 0 aliphatic carbocycles. The number of phenols is 1. The molecule has 0 radical (unpaired) electrons. The molecule has 3 rings (SSSR count). The van der Waals surface area contributed by atoms with Crippen molar-refractivity contribution in [2.24, 2.45) is 0 Å². The van der Waals surface area contributed by atoms with E-state index in [4.69, 9.17) is 14.2 Å². The highest BCUT2D eigenvalue weighted by atomic mass is 16.5. The summed E-state index contributed by atoms with van der Waals surface area (Å²) in [6, 6.07) is 6.60. The minimum absolute atomic E-state index is 0.0434. The average Bonchev–Trinajstić information content (AvgIpc) is 2.67. The van der Waals surface area contributed by atoms with Gasteiger partial charge in [0.25, 0.3) is 0 Å². The molecule has 0 saturated heterocycles. The normalized spacial score (nSPS) is 12.5. The highest BCUT2D eigenvalue weighted by Gasteiger charge is 2.28. The van der Waals surface area contributed by atoms with Gasteiger partial charge < -0.3 is 29.4 Å². The number of aromatic hydroxyl groups is 1. The third-order valence-electron chi connectivity index (χ3n) is 4.26. The Balaban J connectivity index is 1.98. The van der Waals surface area contributed by atoms with Crippen LogP contribution >= 0.6 is 0 Å². The van der Waals surface area contributed by atoms with E-state index in [9.17, 15) is 14.7 Å². The second-order valence-electron chi connectivity index (χ2n) is 6.22. The topological polar surface area (TPSA) is 103 Å². The van der Waals surface area contributed by atoms with Gasteiger partial charge in [0.15, 0.2) is 17.2 Å². The Kier molecular flexibility index (Phi) is 5.58. The number of fused-ring (bicyclic) bond motifs is 2. The van der Waals surface area contributed by atoms with Crippen LogP contribution in [-0.4, -0.2) is 37.8 Å². The van der Waals surface area contributed by atoms with E-state index in [1.807, 2.05) is 6.92 Å². The molecule has 2 aromatic carbocycles. The Hall–Kier alpha value is -3.42. The molecule has 8 nitrogen and oxygen atoms in total. The van der Waals surface area contributed by atoms with Crippen molar-refractivity contribution in [2.75, 3.05) is 26.1 Å². The zero-order valence-corrected chi connectivity index (χ0v) is 15.8. The molecule has 0 unspecified atom stereocenters. The summed E-state index contributed by atoms with van der Waals surface area (Å²) in [7, 11) is 2.73. The predicted molar refractivity (Wildman–Crippen MR) is 100 cm³/mol. The van der Waals surface area contributed by atoms with Gasteiger partial charge in [-0.1, -0.05) is 0 Å². The second kappa shape index (κ2) is 8.08. The van der Waals surface area contributed by atoms with Crippen LogP contribution in [0.25, 0.3) is 0 Å². The summed E-state index contributed by atoms with van der Waals surface area (Å²) in [4.78, 5) is 23.9. The summed E-state index contributed by atoms with van der Waals surface area (Å²) in [5, 5.41) is 13.3. The van der Waals surface area contributed by atoms with E-state index < -0.39 is 5.97 Å². The molecule has 148 valence electrons. The number of hydrogen-bond acceptors (Lipinski definition) is 8. The number of aryl methyl sites for hydroxylation is 1. The number of rotatable bonds is 5. The summed E-state index contributed by atoms with van der Waals surface area (Å²) in [5.74, 6) is -0.369. The van der Waals surface area contributed by atoms with E-state index in [0.717, 1.165) is 5.56 Å². The number of nitrogens with one attached hydrogen (secondary N) is 1. The standard InChI is InChI=1S/C20H21NO7/c1-11-8-12-10-27-20(24)17-15(28-18(12)14(22)9-11)5-4-13(19(17)26-3)21-7-6-16(23)25-2/h4-5,8-9,21-22H,6-7,10H2,1-3H3. The highest BCUT2D eigenvalue weighted by molar-refractivity contribution is 5.98. The summed E-state index contributed by atoms with van der Waals surface area (Å²) < 4.78 is 21.3. The van der Waals surface area contributed by atoms with Crippen LogP contribution in [0, 0.1) is 6.92 Å². The number of benzene rings is 2. The average molecular weight is 387 g/mol. The minimum atomic E-state index is -0.616.